The first-order valence-corrected chi connectivity index (χ1v) is 9.77. The Morgan fingerprint density at radius 1 is 1.07 bits per heavy atom. The lowest BCUT2D eigenvalue weighted by molar-refractivity contribution is 0.593. The van der Waals surface area contributed by atoms with Crippen LogP contribution in [0.15, 0.2) is 78.3 Å². The summed E-state index contributed by atoms with van der Waals surface area (Å²) >= 11 is 0. The van der Waals surface area contributed by atoms with E-state index >= 15 is 0 Å². The lowest BCUT2D eigenvalue weighted by atomic mass is 10.1. The van der Waals surface area contributed by atoms with Gasteiger partial charge in [-0.05, 0) is 36.5 Å². The van der Waals surface area contributed by atoms with Crippen LogP contribution in [0, 0.1) is 0 Å². The molecule has 5 nitrogen and oxygen atoms in total. The molecule has 0 bridgehead atoms. The number of aryl methyl sites for hydroxylation is 1. The minimum absolute atomic E-state index is 0.346. The van der Waals surface area contributed by atoms with Crippen molar-refractivity contribution in [3.05, 3.63) is 90.0 Å². The Balaban J connectivity index is 1.47. The van der Waals surface area contributed by atoms with Crippen LogP contribution >= 0.6 is 0 Å². The van der Waals surface area contributed by atoms with E-state index in [1.54, 1.807) is 6.20 Å². The molecule has 0 saturated heterocycles. The number of rotatable bonds is 8. The summed E-state index contributed by atoms with van der Waals surface area (Å²) in [5.74, 6) is 0.834. The minimum Gasteiger partial charge on any atom is -0.354 e. The molecule has 0 aliphatic rings. The first-order valence-electron chi connectivity index (χ1n) is 9.77. The number of hydrogen-bond donors (Lipinski definition) is 2. The topological polar surface area (TPSA) is 54.2 Å². The predicted octanol–water partition coefficient (Wildman–Crippen LogP) is 3.62. The van der Waals surface area contributed by atoms with E-state index in [4.69, 9.17) is 0 Å². The predicted molar refractivity (Wildman–Crippen MR) is 115 cm³/mol. The summed E-state index contributed by atoms with van der Waals surface area (Å²) in [6.45, 7) is 3.77. The first kappa shape index (κ1) is 19.7. The summed E-state index contributed by atoms with van der Waals surface area (Å²) in [6, 6.07) is 19.5. The quantitative estimate of drug-likeness (QED) is 0.467. The van der Waals surface area contributed by atoms with Crippen molar-refractivity contribution in [3.8, 4) is 0 Å². The Bertz CT molecular complexity index is 856. The minimum atomic E-state index is 0.346. The maximum absolute atomic E-state index is 4.36. The SMILES string of the molecule is CN=C(NCc1cccc(Cn2ccnc2)c1)NC(C)CCc1ccccc1. The number of benzene rings is 2. The molecule has 0 saturated carbocycles. The average molecular weight is 376 g/mol. The largest absolute Gasteiger partial charge is 0.354 e. The van der Waals surface area contributed by atoms with Gasteiger partial charge in [0, 0.05) is 38.6 Å². The summed E-state index contributed by atoms with van der Waals surface area (Å²) in [5.41, 5.74) is 3.86. The average Bonchev–Trinajstić information content (AvgIpc) is 3.23. The maximum Gasteiger partial charge on any atom is 0.191 e. The van der Waals surface area contributed by atoms with Crippen molar-refractivity contribution >= 4 is 5.96 Å². The van der Waals surface area contributed by atoms with Crippen LogP contribution in [-0.2, 0) is 19.5 Å². The van der Waals surface area contributed by atoms with Crippen molar-refractivity contribution in [2.24, 2.45) is 4.99 Å². The number of nitrogens with zero attached hydrogens (tertiary/aromatic N) is 3. The summed E-state index contributed by atoms with van der Waals surface area (Å²) in [6.07, 6.45) is 7.74. The second-order valence-corrected chi connectivity index (χ2v) is 7.05. The van der Waals surface area contributed by atoms with Gasteiger partial charge in [0.05, 0.1) is 6.33 Å². The molecule has 0 amide bonds. The highest BCUT2D eigenvalue weighted by Gasteiger charge is 2.06. The third-order valence-electron chi connectivity index (χ3n) is 4.69. The number of guanidine groups is 1. The molecule has 0 radical (unpaired) electrons. The van der Waals surface area contributed by atoms with Crippen molar-refractivity contribution in [2.75, 3.05) is 7.05 Å². The molecule has 2 aromatic carbocycles. The van der Waals surface area contributed by atoms with Crippen molar-refractivity contribution in [1.82, 2.24) is 20.2 Å². The molecule has 28 heavy (non-hydrogen) atoms. The van der Waals surface area contributed by atoms with Crippen molar-refractivity contribution in [1.29, 1.82) is 0 Å². The van der Waals surface area contributed by atoms with E-state index in [0.29, 0.717) is 6.04 Å². The molecule has 1 aromatic heterocycles. The second kappa shape index (κ2) is 10.3. The maximum atomic E-state index is 4.36. The Labute approximate surface area is 167 Å². The Morgan fingerprint density at radius 2 is 1.86 bits per heavy atom. The molecule has 1 heterocycles. The molecule has 3 aromatic rings. The van der Waals surface area contributed by atoms with Crippen LogP contribution in [0.25, 0.3) is 0 Å². The molecule has 3 rings (SSSR count). The van der Waals surface area contributed by atoms with Crippen LogP contribution in [0.2, 0.25) is 0 Å². The monoisotopic (exact) mass is 375 g/mol. The van der Waals surface area contributed by atoms with Crippen LogP contribution in [0.5, 0.6) is 0 Å². The highest BCUT2D eigenvalue weighted by molar-refractivity contribution is 5.79. The standard InChI is InChI=1S/C23H29N5/c1-19(11-12-20-7-4-3-5-8-20)27-23(24-2)26-16-21-9-6-10-22(15-21)17-28-14-13-25-18-28/h3-10,13-15,18-19H,11-12,16-17H2,1-2H3,(H2,24,26,27). The van der Waals surface area contributed by atoms with Crippen LogP contribution in [0.4, 0.5) is 0 Å². The van der Waals surface area contributed by atoms with Crippen molar-refractivity contribution in [3.63, 3.8) is 0 Å². The smallest absolute Gasteiger partial charge is 0.191 e. The summed E-state index contributed by atoms with van der Waals surface area (Å²) < 4.78 is 2.07. The lowest BCUT2D eigenvalue weighted by Crippen LogP contribution is -2.42. The lowest BCUT2D eigenvalue weighted by Gasteiger charge is -2.18. The molecule has 0 fully saturated rings. The van der Waals surface area contributed by atoms with Gasteiger partial charge in [-0.1, -0.05) is 54.6 Å². The Hall–Kier alpha value is -3.08. The van der Waals surface area contributed by atoms with Gasteiger partial charge >= 0.3 is 0 Å². The van der Waals surface area contributed by atoms with Gasteiger partial charge in [0.2, 0.25) is 0 Å². The van der Waals surface area contributed by atoms with Gasteiger partial charge in [-0.25, -0.2) is 4.98 Å². The fraction of sp³-hybridized carbons (Fsp3) is 0.304. The van der Waals surface area contributed by atoms with E-state index in [-0.39, 0.29) is 0 Å². The molecular formula is C23H29N5. The van der Waals surface area contributed by atoms with E-state index in [9.17, 15) is 0 Å². The fourth-order valence-electron chi connectivity index (χ4n) is 3.14. The van der Waals surface area contributed by atoms with Gasteiger partial charge in [-0.2, -0.15) is 0 Å². The first-order chi connectivity index (χ1) is 13.7. The molecule has 1 atom stereocenters. The normalized spacial score (nSPS) is 12.6. The van der Waals surface area contributed by atoms with Gasteiger partial charge in [0.25, 0.3) is 0 Å². The fourth-order valence-corrected chi connectivity index (χ4v) is 3.14. The summed E-state index contributed by atoms with van der Waals surface area (Å²) in [5, 5.41) is 6.91. The Kier molecular flexibility index (Phi) is 7.24. The zero-order valence-electron chi connectivity index (χ0n) is 16.7. The summed E-state index contributed by atoms with van der Waals surface area (Å²) in [7, 11) is 1.81. The molecule has 0 aliphatic carbocycles. The molecule has 0 aliphatic heterocycles. The highest BCUT2D eigenvalue weighted by Crippen LogP contribution is 2.08. The molecule has 2 N–H and O–H groups in total. The summed E-state index contributed by atoms with van der Waals surface area (Å²) in [4.78, 5) is 8.46. The molecule has 5 heteroatoms. The molecule has 0 spiro atoms. The number of nitrogens with one attached hydrogen (secondary N) is 2. The third-order valence-corrected chi connectivity index (χ3v) is 4.69. The molecular weight excluding hydrogens is 346 g/mol. The van der Waals surface area contributed by atoms with Gasteiger partial charge in [0.1, 0.15) is 0 Å². The van der Waals surface area contributed by atoms with Gasteiger partial charge in [0.15, 0.2) is 5.96 Å². The third kappa shape index (κ3) is 6.27. The van der Waals surface area contributed by atoms with Crippen molar-refractivity contribution < 1.29 is 0 Å². The number of aromatic nitrogens is 2. The highest BCUT2D eigenvalue weighted by atomic mass is 15.2. The van der Waals surface area contributed by atoms with Gasteiger partial charge in [-0.15, -0.1) is 0 Å². The van der Waals surface area contributed by atoms with Crippen molar-refractivity contribution in [2.45, 2.75) is 38.9 Å². The molecule has 146 valence electrons. The van der Waals surface area contributed by atoms with E-state index in [0.717, 1.165) is 31.9 Å². The second-order valence-electron chi connectivity index (χ2n) is 7.05. The van der Waals surface area contributed by atoms with Crippen LogP contribution in [-0.4, -0.2) is 28.6 Å². The van der Waals surface area contributed by atoms with Crippen LogP contribution in [0.1, 0.15) is 30.0 Å². The van der Waals surface area contributed by atoms with Crippen LogP contribution < -0.4 is 10.6 Å². The van der Waals surface area contributed by atoms with Gasteiger partial charge in [-0.3, -0.25) is 4.99 Å². The number of aliphatic imine (C=N–C) groups is 1. The van der Waals surface area contributed by atoms with Gasteiger partial charge < -0.3 is 15.2 Å². The molecule has 1 unspecified atom stereocenters. The number of hydrogen-bond acceptors (Lipinski definition) is 2. The number of imidazole rings is 1. The van der Waals surface area contributed by atoms with Crippen LogP contribution in [0.3, 0.4) is 0 Å². The van der Waals surface area contributed by atoms with E-state index in [1.807, 2.05) is 19.6 Å². The van der Waals surface area contributed by atoms with E-state index in [2.05, 4.69) is 86.7 Å². The zero-order chi connectivity index (χ0) is 19.6. The Morgan fingerprint density at radius 3 is 2.61 bits per heavy atom. The van der Waals surface area contributed by atoms with E-state index < -0.39 is 0 Å². The zero-order valence-corrected chi connectivity index (χ0v) is 16.7. The van der Waals surface area contributed by atoms with E-state index in [1.165, 1.54) is 16.7 Å².